The van der Waals surface area contributed by atoms with Crippen LogP contribution in [0.1, 0.15) is 38.2 Å². The van der Waals surface area contributed by atoms with Crippen LogP contribution in [-0.2, 0) is 9.59 Å². The smallest absolute Gasteiger partial charge is 0.303 e. The molecule has 2 N–H and O–H groups in total. The number of carbonyl (C=O) groups is 2. The lowest BCUT2D eigenvalue weighted by Crippen LogP contribution is -2.33. The van der Waals surface area contributed by atoms with Gasteiger partial charge in [0.15, 0.2) is 0 Å². The number of benzene rings is 1. The molecule has 1 aromatic rings. The van der Waals surface area contributed by atoms with Crippen LogP contribution in [0.3, 0.4) is 0 Å². The van der Waals surface area contributed by atoms with Crippen LogP contribution in [0.5, 0.6) is 0 Å². The van der Waals surface area contributed by atoms with Gasteiger partial charge in [0.2, 0.25) is 5.91 Å². The van der Waals surface area contributed by atoms with E-state index in [0.717, 1.165) is 5.56 Å². The van der Waals surface area contributed by atoms with Crippen molar-refractivity contribution in [3.63, 3.8) is 0 Å². The van der Waals surface area contributed by atoms with Gasteiger partial charge < -0.3 is 10.4 Å². The third-order valence-electron chi connectivity index (χ3n) is 3.14. The summed E-state index contributed by atoms with van der Waals surface area (Å²) in [7, 11) is 0. The average Bonchev–Trinajstić information content (AvgIpc) is 2.38. The molecule has 2 atom stereocenters. The van der Waals surface area contributed by atoms with Crippen LogP contribution < -0.4 is 5.32 Å². The highest BCUT2D eigenvalue weighted by molar-refractivity contribution is 5.83. The predicted octanol–water partition coefficient (Wildman–Crippen LogP) is 2.55. The summed E-state index contributed by atoms with van der Waals surface area (Å²) in [6, 6.07) is 5.87. The van der Waals surface area contributed by atoms with Gasteiger partial charge in [-0.1, -0.05) is 26.0 Å². The molecule has 0 aliphatic carbocycles. The number of nitrogens with one attached hydrogen (secondary N) is 1. The fraction of sp³-hybridized carbons (Fsp3) is 0.467. The van der Waals surface area contributed by atoms with Crippen molar-refractivity contribution in [3.8, 4) is 0 Å². The molecule has 0 aliphatic rings. The zero-order valence-corrected chi connectivity index (χ0v) is 11.7. The van der Waals surface area contributed by atoms with Crippen molar-refractivity contribution in [3.05, 3.63) is 35.6 Å². The SMILES string of the molecule is CCC(C(=O)NCC(C)CC(=O)O)c1ccc(F)cc1. The van der Waals surface area contributed by atoms with Crippen LogP contribution in [0.15, 0.2) is 24.3 Å². The van der Waals surface area contributed by atoms with E-state index in [1.807, 2.05) is 6.92 Å². The van der Waals surface area contributed by atoms with E-state index < -0.39 is 5.97 Å². The Kier molecular flexibility index (Phi) is 6.15. The Morgan fingerprint density at radius 3 is 2.40 bits per heavy atom. The number of halogens is 1. The monoisotopic (exact) mass is 281 g/mol. The van der Waals surface area contributed by atoms with Crippen LogP contribution in [0.4, 0.5) is 4.39 Å². The van der Waals surface area contributed by atoms with E-state index in [1.54, 1.807) is 19.1 Å². The molecule has 0 saturated heterocycles. The number of hydrogen-bond donors (Lipinski definition) is 2. The van der Waals surface area contributed by atoms with E-state index in [1.165, 1.54) is 12.1 Å². The molecule has 1 rings (SSSR count). The summed E-state index contributed by atoms with van der Waals surface area (Å²) < 4.78 is 12.9. The first-order valence-corrected chi connectivity index (χ1v) is 6.69. The molecule has 0 bridgehead atoms. The predicted molar refractivity (Wildman–Crippen MR) is 73.9 cm³/mol. The molecule has 0 spiro atoms. The Bertz CT molecular complexity index is 459. The van der Waals surface area contributed by atoms with Gasteiger partial charge in [0.05, 0.1) is 5.92 Å². The molecular weight excluding hydrogens is 261 g/mol. The van der Waals surface area contributed by atoms with Crippen LogP contribution in [-0.4, -0.2) is 23.5 Å². The highest BCUT2D eigenvalue weighted by Gasteiger charge is 2.19. The maximum atomic E-state index is 12.9. The first-order chi connectivity index (χ1) is 9.43. The maximum absolute atomic E-state index is 12.9. The molecule has 0 radical (unpaired) electrons. The molecule has 0 heterocycles. The number of carbonyl (C=O) groups excluding carboxylic acids is 1. The molecule has 0 aliphatic heterocycles. The molecule has 0 aromatic heterocycles. The summed E-state index contributed by atoms with van der Waals surface area (Å²) in [5, 5.41) is 11.4. The average molecular weight is 281 g/mol. The van der Waals surface area contributed by atoms with Crippen molar-refractivity contribution in [2.45, 2.75) is 32.6 Å². The minimum absolute atomic E-state index is 0.0214. The molecule has 5 heteroatoms. The standard InChI is InChI=1S/C15H20FNO3/c1-3-13(11-4-6-12(16)7-5-11)15(20)17-9-10(2)8-14(18)19/h4-7,10,13H,3,8-9H2,1-2H3,(H,17,20)(H,18,19). The molecular formula is C15H20FNO3. The fourth-order valence-electron chi connectivity index (χ4n) is 2.04. The maximum Gasteiger partial charge on any atom is 0.303 e. The second-order valence-corrected chi connectivity index (χ2v) is 4.96. The van der Waals surface area contributed by atoms with Crippen molar-refractivity contribution in [2.75, 3.05) is 6.54 Å². The van der Waals surface area contributed by atoms with Crippen molar-refractivity contribution < 1.29 is 19.1 Å². The summed E-state index contributed by atoms with van der Waals surface area (Å²) in [6.07, 6.45) is 0.623. The Morgan fingerprint density at radius 1 is 1.30 bits per heavy atom. The Hall–Kier alpha value is -1.91. The third kappa shape index (κ3) is 4.99. The first-order valence-electron chi connectivity index (χ1n) is 6.69. The molecule has 20 heavy (non-hydrogen) atoms. The van der Waals surface area contributed by atoms with Gasteiger partial charge in [-0.15, -0.1) is 0 Å². The second kappa shape index (κ2) is 7.62. The van der Waals surface area contributed by atoms with Crippen LogP contribution in [0, 0.1) is 11.7 Å². The summed E-state index contributed by atoms with van der Waals surface area (Å²) in [6.45, 7) is 3.98. The van der Waals surface area contributed by atoms with E-state index in [2.05, 4.69) is 5.32 Å². The van der Waals surface area contributed by atoms with Gasteiger partial charge in [0.25, 0.3) is 0 Å². The van der Waals surface area contributed by atoms with E-state index in [9.17, 15) is 14.0 Å². The summed E-state index contributed by atoms with van der Waals surface area (Å²) in [5.74, 6) is -1.83. The van der Waals surface area contributed by atoms with Gasteiger partial charge in [-0.3, -0.25) is 9.59 Å². The number of carboxylic acid groups (broad SMARTS) is 1. The van der Waals surface area contributed by atoms with E-state index in [-0.39, 0.29) is 30.0 Å². The summed E-state index contributed by atoms with van der Waals surface area (Å²) in [4.78, 5) is 22.6. The normalized spacial score (nSPS) is 13.6. The molecule has 110 valence electrons. The topological polar surface area (TPSA) is 66.4 Å². The zero-order chi connectivity index (χ0) is 15.1. The van der Waals surface area contributed by atoms with Gasteiger partial charge in [-0.25, -0.2) is 4.39 Å². The van der Waals surface area contributed by atoms with Crippen LogP contribution in [0.25, 0.3) is 0 Å². The number of amides is 1. The third-order valence-corrected chi connectivity index (χ3v) is 3.14. The van der Waals surface area contributed by atoms with Gasteiger partial charge in [-0.2, -0.15) is 0 Å². The number of aliphatic carboxylic acids is 1. The van der Waals surface area contributed by atoms with E-state index in [4.69, 9.17) is 5.11 Å². The molecule has 0 saturated carbocycles. The van der Waals surface area contributed by atoms with Crippen molar-refractivity contribution in [2.24, 2.45) is 5.92 Å². The van der Waals surface area contributed by atoms with Crippen molar-refractivity contribution in [1.29, 1.82) is 0 Å². The van der Waals surface area contributed by atoms with Crippen LogP contribution in [0.2, 0.25) is 0 Å². The quantitative estimate of drug-likeness (QED) is 0.807. The zero-order valence-electron chi connectivity index (χ0n) is 11.7. The van der Waals surface area contributed by atoms with Crippen LogP contribution >= 0.6 is 0 Å². The molecule has 1 amide bonds. The lowest BCUT2D eigenvalue weighted by atomic mass is 9.95. The minimum Gasteiger partial charge on any atom is -0.481 e. The number of hydrogen-bond acceptors (Lipinski definition) is 2. The molecule has 1 aromatic carbocycles. The molecule has 2 unspecified atom stereocenters. The summed E-state index contributed by atoms with van der Waals surface area (Å²) >= 11 is 0. The number of carboxylic acids is 1. The van der Waals surface area contributed by atoms with Gasteiger partial charge >= 0.3 is 5.97 Å². The van der Waals surface area contributed by atoms with Gasteiger partial charge in [0, 0.05) is 13.0 Å². The molecule has 4 nitrogen and oxygen atoms in total. The lowest BCUT2D eigenvalue weighted by Gasteiger charge is -2.17. The van der Waals surface area contributed by atoms with E-state index in [0.29, 0.717) is 13.0 Å². The minimum atomic E-state index is -0.877. The highest BCUT2D eigenvalue weighted by Crippen LogP contribution is 2.20. The Morgan fingerprint density at radius 2 is 1.90 bits per heavy atom. The molecule has 0 fully saturated rings. The lowest BCUT2D eigenvalue weighted by molar-refractivity contribution is -0.138. The highest BCUT2D eigenvalue weighted by atomic mass is 19.1. The first kappa shape index (κ1) is 16.1. The van der Waals surface area contributed by atoms with Crippen molar-refractivity contribution in [1.82, 2.24) is 5.32 Å². The summed E-state index contributed by atoms with van der Waals surface area (Å²) in [5.41, 5.74) is 0.761. The number of rotatable bonds is 7. The largest absolute Gasteiger partial charge is 0.481 e. The Labute approximate surface area is 118 Å². The van der Waals surface area contributed by atoms with Gasteiger partial charge in [0.1, 0.15) is 5.82 Å². The fourth-order valence-corrected chi connectivity index (χ4v) is 2.04. The second-order valence-electron chi connectivity index (χ2n) is 4.96. The Balaban J connectivity index is 2.59. The van der Waals surface area contributed by atoms with Crippen molar-refractivity contribution >= 4 is 11.9 Å². The van der Waals surface area contributed by atoms with Gasteiger partial charge in [-0.05, 0) is 30.0 Å². The van der Waals surface area contributed by atoms with E-state index >= 15 is 0 Å².